The summed E-state index contributed by atoms with van der Waals surface area (Å²) in [7, 11) is 4.02. The second-order valence-electron chi connectivity index (χ2n) is 6.68. The Morgan fingerprint density at radius 1 is 0.829 bits per heavy atom. The Morgan fingerprint density at radius 3 is 1.80 bits per heavy atom. The lowest BCUT2D eigenvalue weighted by Gasteiger charge is -2.11. The summed E-state index contributed by atoms with van der Waals surface area (Å²) in [4.78, 5) is 22.3. The highest BCUT2D eigenvalue weighted by Crippen LogP contribution is 2.31. The molecule has 0 spiro atoms. The maximum absolute atomic E-state index is 14.0. The fraction of sp³-hybridized carbons (Fsp3) is 0.167. The van der Waals surface area contributed by atoms with Gasteiger partial charge in [-0.15, -0.1) is 0 Å². The number of hydrogen-bond donors (Lipinski definition) is 1. The Morgan fingerprint density at radius 2 is 1.34 bits per heavy atom. The zero-order chi connectivity index (χ0) is 26.1. The van der Waals surface area contributed by atoms with Gasteiger partial charge in [0.15, 0.2) is 23.1 Å². The average molecular weight is 618 g/mol. The first-order valence-corrected chi connectivity index (χ1v) is 11.3. The molecule has 0 aliphatic rings. The molecule has 0 amide bonds. The Balaban J connectivity index is 0.000000283. The molecule has 0 saturated carbocycles. The summed E-state index contributed by atoms with van der Waals surface area (Å²) in [5.41, 5.74) is 1.03. The minimum Gasteiger partial charge on any atom is -0.504 e. The molecule has 0 unspecified atom stereocenters. The predicted octanol–water partition coefficient (Wildman–Crippen LogP) is 6.04. The van der Waals surface area contributed by atoms with Crippen LogP contribution < -0.4 is 9.47 Å². The van der Waals surface area contributed by atoms with E-state index >= 15 is 0 Å². The quantitative estimate of drug-likeness (QED) is 0.337. The molecule has 11 heteroatoms. The summed E-state index contributed by atoms with van der Waals surface area (Å²) in [5.74, 6) is -2.51. The van der Waals surface area contributed by atoms with E-state index in [1.54, 1.807) is 19.2 Å². The standard InChI is InChI=1S/C16H14BrFO4.C8H6BrFO3/c1-20-12-5-3-10(4-6-12)9-22-15-13(17)7-11(8-14(15)18)16(19)21-2;1-13-8(12)4-2-5(9)7(11)6(10)3-4/h3-8H,9H2,1-2H3;2-3,11H,1H3. The lowest BCUT2D eigenvalue weighted by molar-refractivity contribution is 0.0591. The van der Waals surface area contributed by atoms with Crippen molar-refractivity contribution in [2.75, 3.05) is 21.3 Å². The molecule has 0 radical (unpaired) electrons. The third kappa shape index (κ3) is 7.66. The Hall–Kier alpha value is -3.18. The molecule has 3 aromatic carbocycles. The summed E-state index contributed by atoms with van der Waals surface area (Å²) in [5, 5.41) is 9.01. The number of methoxy groups -OCH3 is 3. The molecule has 0 heterocycles. The number of halogens is 4. The van der Waals surface area contributed by atoms with E-state index in [4.69, 9.17) is 14.6 Å². The Kier molecular flexibility index (Phi) is 10.5. The predicted molar refractivity (Wildman–Crippen MR) is 130 cm³/mol. The summed E-state index contributed by atoms with van der Waals surface area (Å²) in [6, 6.07) is 12.0. The number of hydrogen-bond acceptors (Lipinski definition) is 7. The van der Waals surface area contributed by atoms with E-state index in [0.717, 1.165) is 23.4 Å². The van der Waals surface area contributed by atoms with Crippen molar-refractivity contribution in [2.24, 2.45) is 0 Å². The van der Waals surface area contributed by atoms with Crippen LogP contribution in [0.15, 0.2) is 57.5 Å². The van der Waals surface area contributed by atoms with Crippen LogP contribution >= 0.6 is 31.9 Å². The molecule has 0 atom stereocenters. The number of rotatable bonds is 6. The lowest BCUT2D eigenvalue weighted by Crippen LogP contribution is -2.04. The molecule has 0 aliphatic heterocycles. The Bertz CT molecular complexity index is 1150. The number of phenols is 1. The molecule has 0 aliphatic carbocycles. The molecule has 0 saturated heterocycles. The molecule has 3 aromatic rings. The molecule has 0 bridgehead atoms. The number of phenolic OH excluding ortho intramolecular Hbond substituents is 1. The number of benzene rings is 3. The average Bonchev–Trinajstić information content (AvgIpc) is 2.86. The SMILES string of the molecule is COC(=O)c1cc(F)c(O)c(Br)c1.COC(=O)c1cc(F)c(OCc2ccc(OC)cc2)c(Br)c1. The summed E-state index contributed by atoms with van der Waals surface area (Å²) < 4.78 is 46.8. The van der Waals surface area contributed by atoms with Gasteiger partial charge in [-0.2, -0.15) is 0 Å². The summed E-state index contributed by atoms with van der Waals surface area (Å²) in [6.45, 7) is 0.192. The van der Waals surface area contributed by atoms with Crippen LogP contribution in [-0.2, 0) is 16.1 Å². The largest absolute Gasteiger partial charge is 0.504 e. The molecule has 186 valence electrons. The van der Waals surface area contributed by atoms with Crippen LogP contribution in [0.4, 0.5) is 8.78 Å². The second-order valence-corrected chi connectivity index (χ2v) is 8.39. The van der Waals surface area contributed by atoms with Crippen LogP contribution in [-0.4, -0.2) is 38.4 Å². The van der Waals surface area contributed by atoms with Gasteiger partial charge in [-0.05, 0) is 73.8 Å². The molecule has 35 heavy (non-hydrogen) atoms. The fourth-order valence-electron chi connectivity index (χ4n) is 2.61. The van der Waals surface area contributed by atoms with Crippen LogP contribution in [0.2, 0.25) is 0 Å². The molecule has 7 nitrogen and oxygen atoms in total. The van der Waals surface area contributed by atoms with E-state index in [1.807, 2.05) is 12.1 Å². The normalized spacial score (nSPS) is 10.0. The van der Waals surface area contributed by atoms with Gasteiger partial charge < -0.3 is 24.1 Å². The Labute approximate surface area is 216 Å². The van der Waals surface area contributed by atoms with E-state index in [-0.39, 0.29) is 28.0 Å². The zero-order valence-electron chi connectivity index (χ0n) is 18.7. The fourth-order valence-corrected chi connectivity index (χ4v) is 3.60. The minimum atomic E-state index is -0.866. The topological polar surface area (TPSA) is 91.3 Å². The van der Waals surface area contributed by atoms with Crippen molar-refractivity contribution in [3.8, 4) is 17.2 Å². The number of aromatic hydroxyl groups is 1. The van der Waals surface area contributed by atoms with Gasteiger partial charge in [0, 0.05) is 0 Å². The second kappa shape index (κ2) is 13.1. The van der Waals surface area contributed by atoms with Crippen molar-refractivity contribution in [1.82, 2.24) is 0 Å². The van der Waals surface area contributed by atoms with E-state index < -0.39 is 29.3 Å². The highest BCUT2D eigenvalue weighted by Gasteiger charge is 2.16. The van der Waals surface area contributed by atoms with Crippen molar-refractivity contribution in [3.05, 3.63) is 85.8 Å². The van der Waals surface area contributed by atoms with Gasteiger partial charge in [-0.25, -0.2) is 18.4 Å². The van der Waals surface area contributed by atoms with Crippen molar-refractivity contribution < 1.29 is 42.4 Å². The van der Waals surface area contributed by atoms with Crippen LogP contribution in [0.25, 0.3) is 0 Å². The van der Waals surface area contributed by atoms with Crippen molar-refractivity contribution >= 4 is 43.8 Å². The number of esters is 2. The summed E-state index contributed by atoms with van der Waals surface area (Å²) in [6.07, 6.45) is 0. The first kappa shape index (κ1) is 28.1. The van der Waals surface area contributed by atoms with Crippen LogP contribution in [0.1, 0.15) is 26.3 Å². The van der Waals surface area contributed by atoms with Gasteiger partial charge in [-0.3, -0.25) is 0 Å². The van der Waals surface area contributed by atoms with E-state index in [2.05, 4.69) is 41.3 Å². The third-order valence-electron chi connectivity index (χ3n) is 4.40. The van der Waals surface area contributed by atoms with E-state index in [1.165, 1.54) is 26.4 Å². The first-order valence-electron chi connectivity index (χ1n) is 9.70. The smallest absolute Gasteiger partial charge is 0.337 e. The highest BCUT2D eigenvalue weighted by molar-refractivity contribution is 9.10. The number of ether oxygens (including phenoxy) is 4. The lowest BCUT2D eigenvalue weighted by atomic mass is 10.2. The summed E-state index contributed by atoms with van der Waals surface area (Å²) >= 11 is 6.10. The van der Waals surface area contributed by atoms with E-state index in [9.17, 15) is 18.4 Å². The minimum absolute atomic E-state index is 0.0449. The maximum Gasteiger partial charge on any atom is 0.337 e. The van der Waals surface area contributed by atoms with Crippen LogP contribution in [0.3, 0.4) is 0 Å². The van der Waals surface area contributed by atoms with Gasteiger partial charge in [0.2, 0.25) is 0 Å². The number of carbonyl (C=O) groups is 2. The number of carbonyl (C=O) groups excluding carboxylic acids is 2. The molecule has 3 rings (SSSR count). The van der Waals surface area contributed by atoms with Crippen LogP contribution in [0.5, 0.6) is 17.2 Å². The molecule has 1 N–H and O–H groups in total. The third-order valence-corrected chi connectivity index (χ3v) is 5.59. The molecule has 0 fully saturated rings. The van der Waals surface area contributed by atoms with Crippen molar-refractivity contribution in [1.29, 1.82) is 0 Å². The molecular weight excluding hydrogens is 598 g/mol. The molecular formula is C24H20Br2F2O7. The van der Waals surface area contributed by atoms with Crippen molar-refractivity contribution in [2.45, 2.75) is 6.61 Å². The maximum atomic E-state index is 14.0. The van der Waals surface area contributed by atoms with E-state index in [0.29, 0.717) is 4.47 Å². The van der Waals surface area contributed by atoms with Gasteiger partial charge >= 0.3 is 11.9 Å². The van der Waals surface area contributed by atoms with Gasteiger partial charge in [0.25, 0.3) is 0 Å². The van der Waals surface area contributed by atoms with Gasteiger partial charge in [0.05, 0.1) is 41.4 Å². The van der Waals surface area contributed by atoms with Gasteiger partial charge in [0.1, 0.15) is 12.4 Å². The zero-order valence-corrected chi connectivity index (χ0v) is 21.9. The monoisotopic (exact) mass is 616 g/mol. The van der Waals surface area contributed by atoms with Crippen LogP contribution in [0, 0.1) is 11.6 Å². The van der Waals surface area contributed by atoms with Crippen molar-refractivity contribution in [3.63, 3.8) is 0 Å². The highest BCUT2D eigenvalue weighted by atomic mass is 79.9. The molecule has 0 aromatic heterocycles. The van der Waals surface area contributed by atoms with Gasteiger partial charge in [-0.1, -0.05) is 12.1 Å². The first-order chi connectivity index (χ1) is 16.6.